The van der Waals surface area contributed by atoms with Crippen LogP contribution in [0.2, 0.25) is 0 Å². The van der Waals surface area contributed by atoms with Gasteiger partial charge in [-0.15, -0.1) is 0 Å². The van der Waals surface area contributed by atoms with E-state index in [0.717, 1.165) is 42.0 Å². The van der Waals surface area contributed by atoms with Crippen LogP contribution in [0, 0.1) is 0 Å². The summed E-state index contributed by atoms with van der Waals surface area (Å²) in [5, 5.41) is 5.35. The van der Waals surface area contributed by atoms with Crippen LogP contribution >= 0.6 is 0 Å². The molecule has 1 aliphatic rings. The number of anilines is 1. The Morgan fingerprint density at radius 1 is 1.25 bits per heavy atom. The summed E-state index contributed by atoms with van der Waals surface area (Å²) in [4.78, 5) is 11.3. The summed E-state index contributed by atoms with van der Waals surface area (Å²) in [5.74, 6) is 1.95. The number of para-hydroxylation sites is 1. The smallest absolute Gasteiger partial charge is 0.163 e. The average molecular weight is 323 g/mol. The van der Waals surface area contributed by atoms with Crippen LogP contribution in [0.1, 0.15) is 18.4 Å². The Labute approximate surface area is 141 Å². The van der Waals surface area contributed by atoms with E-state index in [9.17, 15) is 0 Å². The molecule has 0 aliphatic carbocycles. The number of hydrogen-bond acceptors (Lipinski definition) is 5. The molecular weight excluding hydrogens is 302 g/mol. The quantitative estimate of drug-likeness (QED) is 0.738. The van der Waals surface area contributed by atoms with Gasteiger partial charge in [-0.1, -0.05) is 18.2 Å². The van der Waals surface area contributed by atoms with E-state index in [1.54, 1.807) is 18.1 Å². The van der Waals surface area contributed by atoms with E-state index in [2.05, 4.69) is 32.1 Å². The van der Waals surface area contributed by atoms with Crippen LogP contribution < -0.4 is 9.64 Å². The van der Waals surface area contributed by atoms with Crippen LogP contribution in [0.15, 0.2) is 36.8 Å². The van der Waals surface area contributed by atoms with E-state index in [1.165, 1.54) is 12.0 Å². The zero-order valence-electron chi connectivity index (χ0n) is 14.0. The molecule has 0 N–H and O–H groups in total. The first-order valence-electron chi connectivity index (χ1n) is 8.29. The number of nitrogens with zero attached hydrogens (tertiary/aromatic N) is 5. The number of benzene rings is 1. The molecular formula is C18H21N5O. The van der Waals surface area contributed by atoms with Crippen LogP contribution in [0.5, 0.6) is 5.75 Å². The van der Waals surface area contributed by atoms with Crippen molar-refractivity contribution in [3.8, 4) is 5.75 Å². The SMILES string of the molecule is COc1ccccc1C[C@H]1CCCN1c1ncnc2c1cnn2C. The number of aromatic nitrogens is 4. The van der Waals surface area contributed by atoms with Crippen LogP contribution in [-0.2, 0) is 13.5 Å². The molecule has 0 bridgehead atoms. The number of methoxy groups -OCH3 is 1. The van der Waals surface area contributed by atoms with Crippen LogP contribution in [-0.4, -0.2) is 39.4 Å². The third-order valence-corrected chi connectivity index (χ3v) is 4.81. The molecule has 4 rings (SSSR count). The maximum atomic E-state index is 5.51. The molecule has 24 heavy (non-hydrogen) atoms. The molecule has 1 saturated heterocycles. The Kier molecular flexibility index (Phi) is 3.80. The first kappa shape index (κ1) is 14.9. The third-order valence-electron chi connectivity index (χ3n) is 4.81. The number of ether oxygens (including phenoxy) is 1. The molecule has 1 aliphatic heterocycles. The van der Waals surface area contributed by atoms with Crippen molar-refractivity contribution in [3.05, 3.63) is 42.4 Å². The summed E-state index contributed by atoms with van der Waals surface area (Å²) < 4.78 is 7.31. The molecule has 0 spiro atoms. The first-order valence-corrected chi connectivity index (χ1v) is 8.29. The molecule has 0 saturated carbocycles. The second-order valence-electron chi connectivity index (χ2n) is 6.21. The minimum Gasteiger partial charge on any atom is -0.496 e. The van der Waals surface area contributed by atoms with Crippen molar-refractivity contribution < 1.29 is 4.74 Å². The molecule has 3 heterocycles. The van der Waals surface area contributed by atoms with Crippen molar-refractivity contribution in [2.45, 2.75) is 25.3 Å². The summed E-state index contributed by atoms with van der Waals surface area (Å²) in [5.41, 5.74) is 2.12. The predicted octanol–water partition coefficient (Wildman–Crippen LogP) is 2.58. The Morgan fingerprint density at radius 2 is 2.12 bits per heavy atom. The van der Waals surface area contributed by atoms with Gasteiger partial charge in [0.25, 0.3) is 0 Å². The Balaban J connectivity index is 1.67. The maximum Gasteiger partial charge on any atom is 0.163 e. The van der Waals surface area contributed by atoms with E-state index in [0.29, 0.717) is 6.04 Å². The van der Waals surface area contributed by atoms with Gasteiger partial charge in [0.1, 0.15) is 17.9 Å². The monoisotopic (exact) mass is 323 g/mol. The Morgan fingerprint density at radius 3 is 3.00 bits per heavy atom. The minimum absolute atomic E-state index is 0.416. The zero-order valence-corrected chi connectivity index (χ0v) is 14.0. The standard InChI is InChI=1S/C18H21N5O/c1-22-17-15(11-21-22)18(20-12-19-17)23-9-5-7-14(23)10-13-6-3-4-8-16(13)24-2/h3-4,6,8,11-12,14H,5,7,9-10H2,1-2H3/t14-/m1/s1. The fourth-order valence-corrected chi connectivity index (χ4v) is 3.63. The Bertz CT molecular complexity index is 859. The van der Waals surface area contributed by atoms with Gasteiger partial charge in [0.15, 0.2) is 5.65 Å². The van der Waals surface area contributed by atoms with Gasteiger partial charge in [0, 0.05) is 19.6 Å². The lowest BCUT2D eigenvalue weighted by Gasteiger charge is -2.26. The first-order chi connectivity index (χ1) is 11.8. The molecule has 124 valence electrons. The maximum absolute atomic E-state index is 5.51. The average Bonchev–Trinajstić information content (AvgIpc) is 3.22. The second-order valence-corrected chi connectivity index (χ2v) is 6.21. The van der Waals surface area contributed by atoms with Gasteiger partial charge in [0.05, 0.1) is 18.7 Å². The van der Waals surface area contributed by atoms with Gasteiger partial charge in [-0.05, 0) is 30.9 Å². The molecule has 3 aromatic rings. The molecule has 0 radical (unpaired) electrons. The predicted molar refractivity (Wildman–Crippen MR) is 93.4 cm³/mol. The van der Waals surface area contributed by atoms with E-state index < -0.39 is 0 Å². The van der Waals surface area contributed by atoms with Crippen LogP contribution in [0.3, 0.4) is 0 Å². The summed E-state index contributed by atoms with van der Waals surface area (Å²) >= 11 is 0. The van der Waals surface area contributed by atoms with Crippen molar-refractivity contribution in [2.75, 3.05) is 18.6 Å². The summed E-state index contributed by atoms with van der Waals surface area (Å²) in [6.07, 6.45) is 6.78. The molecule has 1 aromatic carbocycles. The fraction of sp³-hybridized carbons (Fsp3) is 0.389. The lowest BCUT2D eigenvalue weighted by molar-refractivity contribution is 0.408. The molecule has 0 amide bonds. The fourth-order valence-electron chi connectivity index (χ4n) is 3.63. The normalized spacial score (nSPS) is 17.6. The largest absolute Gasteiger partial charge is 0.496 e. The highest BCUT2D eigenvalue weighted by Crippen LogP contribution is 2.32. The van der Waals surface area contributed by atoms with Gasteiger partial charge in [-0.25, -0.2) is 9.97 Å². The lowest BCUT2D eigenvalue weighted by atomic mass is 10.0. The second kappa shape index (κ2) is 6.11. The van der Waals surface area contributed by atoms with Crippen molar-refractivity contribution in [1.29, 1.82) is 0 Å². The third kappa shape index (κ3) is 2.48. The molecule has 2 aromatic heterocycles. The van der Waals surface area contributed by atoms with Crippen molar-refractivity contribution >= 4 is 16.9 Å². The number of aryl methyl sites for hydroxylation is 1. The molecule has 6 nitrogen and oxygen atoms in total. The molecule has 1 atom stereocenters. The summed E-state index contributed by atoms with van der Waals surface area (Å²) in [7, 11) is 3.64. The Hall–Kier alpha value is -2.63. The molecule has 6 heteroatoms. The van der Waals surface area contributed by atoms with E-state index in [-0.39, 0.29) is 0 Å². The van der Waals surface area contributed by atoms with Crippen molar-refractivity contribution in [2.24, 2.45) is 7.05 Å². The zero-order chi connectivity index (χ0) is 16.5. The van der Waals surface area contributed by atoms with E-state index in [1.807, 2.05) is 25.4 Å². The minimum atomic E-state index is 0.416. The molecule has 0 unspecified atom stereocenters. The van der Waals surface area contributed by atoms with Gasteiger partial charge >= 0.3 is 0 Å². The number of fused-ring (bicyclic) bond motifs is 1. The topological polar surface area (TPSA) is 56.1 Å². The summed E-state index contributed by atoms with van der Waals surface area (Å²) in [6, 6.07) is 8.67. The van der Waals surface area contributed by atoms with Crippen LogP contribution in [0.25, 0.3) is 11.0 Å². The number of rotatable bonds is 4. The highest BCUT2D eigenvalue weighted by Gasteiger charge is 2.28. The van der Waals surface area contributed by atoms with Gasteiger partial charge in [0.2, 0.25) is 0 Å². The summed E-state index contributed by atoms with van der Waals surface area (Å²) in [6.45, 7) is 1.01. The van der Waals surface area contributed by atoms with Crippen molar-refractivity contribution in [3.63, 3.8) is 0 Å². The van der Waals surface area contributed by atoms with Gasteiger partial charge in [-0.3, -0.25) is 4.68 Å². The number of hydrogen-bond donors (Lipinski definition) is 0. The van der Waals surface area contributed by atoms with Crippen molar-refractivity contribution in [1.82, 2.24) is 19.7 Å². The van der Waals surface area contributed by atoms with Crippen LogP contribution in [0.4, 0.5) is 5.82 Å². The van der Waals surface area contributed by atoms with E-state index >= 15 is 0 Å². The van der Waals surface area contributed by atoms with E-state index in [4.69, 9.17) is 4.74 Å². The molecule has 1 fully saturated rings. The van der Waals surface area contributed by atoms with Gasteiger partial charge in [-0.2, -0.15) is 5.10 Å². The lowest BCUT2D eigenvalue weighted by Crippen LogP contribution is -2.32. The van der Waals surface area contributed by atoms with Gasteiger partial charge < -0.3 is 9.64 Å². The highest BCUT2D eigenvalue weighted by molar-refractivity contribution is 5.86. The highest BCUT2D eigenvalue weighted by atomic mass is 16.5.